The van der Waals surface area contributed by atoms with E-state index in [-0.39, 0.29) is 0 Å². The molecule has 0 aliphatic carbocycles. The van der Waals surface area contributed by atoms with Crippen molar-refractivity contribution >= 4 is 11.8 Å². The van der Waals surface area contributed by atoms with Crippen LogP contribution in [0.5, 0.6) is 0 Å². The summed E-state index contributed by atoms with van der Waals surface area (Å²) in [5.41, 5.74) is 1.12. The molecule has 0 aliphatic heterocycles. The van der Waals surface area contributed by atoms with E-state index in [2.05, 4.69) is 22.2 Å². The fraction of sp³-hybridized carbons (Fsp3) is 0.667. The van der Waals surface area contributed by atoms with Crippen molar-refractivity contribution in [2.24, 2.45) is 0 Å². The van der Waals surface area contributed by atoms with Crippen molar-refractivity contribution in [1.82, 2.24) is 15.3 Å². The van der Waals surface area contributed by atoms with Gasteiger partial charge in [0, 0.05) is 38.2 Å². The summed E-state index contributed by atoms with van der Waals surface area (Å²) < 4.78 is 4.96. The Kier molecular flexibility index (Phi) is 7.96. The number of nitrogens with one attached hydrogen (secondary N) is 1. The normalized spacial score (nSPS) is 10.7. The Morgan fingerprint density at radius 1 is 1.35 bits per heavy atom. The Hall–Kier alpha value is -0.650. The van der Waals surface area contributed by atoms with Crippen molar-refractivity contribution in [3.05, 3.63) is 23.8 Å². The van der Waals surface area contributed by atoms with Gasteiger partial charge in [0.15, 0.2) is 0 Å². The Morgan fingerprint density at radius 2 is 2.12 bits per heavy atom. The molecule has 0 atom stereocenters. The maximum absolute atomic E-state index is 4.96. The van der Waals surface area contributed by atoms with Crippen molar-refractivity contribution in [1.29, 1.82) is 0 Å². The van der Waals surface area contributed by atoms with Crippen LogP contribution in [0, 0.1) is 0 Å². The summed E-state index contributed by atoms with van der Waals surface area (Å²) in [4.78, 5) is 8.69. The minimum atomic E-state index is 0.729. The van der Waals surface area contributed by atoms with Crippen LogP contribution < -0.4 is 5.32 Å². The van der Waals surface area contributed by atoms with E-state index in [1.165, 1.54) is 12.2 Å². The van der Waals surface area contributed by atoms with Crippen molar-refractivity contribution < 1.29 is 4.74 Å². The first-order chi connectivity index (χ1) is 8.36. The number of thioether (sulfide) groups is 1. The van der Waals surface area contributed by atoms with Crippen molar-refractivity contribution in [2.45, 2.75) is 25.6 Å². The van der Waals surface area contributed by atoms with E-state index in [1.807, 2.05) is 24.2 Å². The summed E-state index contributed by atoms with van der Waals surface area (Å²) >= 11 is 1.88. The zero-order chi connectivity index (χ0) is 12.3. The van der Waals surface area contributed by atoms with Crippen LogP contribution in [-0.2, 0) is 17.0 Å². The molecule has 0 aromatic carbocycles. The fourth-order valence-corrected chi connectivity index (χ4v) is 2.03. The van der Waals surface area contributed by atoms with Crippen LogP contribution in [-0.4, -0.2) is 36.0 Å². The Bertz CT molecular complexity index is 292. The summed E-state index contributed by atoms with van der Waals surface area (Å²) in [5, 5.41) is 3.26. The Morgan fingerprint density at radius 3 is 2.76 bits per heavy atom. The minimum absolute atomic E-state index is 0.729. The number of hydrogen-bond donors (Lipinski definition) is 1. The lowest BCUT2D eigenvalue weighted by molar-refractivity contribution is 0.199. The van der Waals surface area contributed by atoms with Gasteiger partial charge in [-0.25, -0.2) is 9.97 Å². The molecule has 0 aliphatic rings. The summed E-state index contributed by atoms with van der Waals surface area (Å²) in [6.07, 6.45) is 5.00. The van der Waals surface area contributed by atoms with Crippen molar-refractivity contribution in [3.63, 3.8) is 0 Å². The number of aromatic nitrogens is 2. The van der Waals surface area contributed by atoms with Gasteiger partial charge in [-0.15, -0.1) is 0 Å². The summed E-state index contributed by atoms with van der Waals surface area (Å²) in [6.45, 7) is 4.56. The minimum Gasteiger partial charge on any atom is -0.383 e. The van der Waals surface area contributed by atoms with E-state index in [1.54, 1.807) is 7.11 Å². The average Bonchev–Trinajstić information content (AvgIpc) is 2.37. The van der Waals surface area contributed by atoms with Crippen LogP contribution in [0.4, 0.5) is 0 Å². The molecule has 0 saturated heterocycles. The van der Waals surface area contributed by atoms with Gasteiger partial charge in [0.2, 0.25) is 0 Å². The number of rotatable bonds is 9. The van der Waals surface area contributed by atoms with E-state index >= 15 is 0 Å². The molecule has 0 spiro atoms. The van der Waals surface area contributed by atoms with Crippen LogP contribution >= 0.6 is 11.8 Å². The topological polar surface area (TPSA) is 47.0 Å². The van der Waals surface area contributed by atoms with Crippen LogP contribution in [0.25, 0.3) is 0 Å². The highest BCUT2D eigenvalue weighted by molar-refractivity contribution is 7.98. The number of hydrogen-bond acceptors (Lipinski definition) is 5. The monoisotopic (exact) mass is 255 g/mol. The summed E-state index contributed by atoms with van der Waals surface area (Å²) in [7, 11) is 1.70. The molecule has 1 rings (SSSR count). The molecule has 96 valence electrons. The predicted molar refractivity (Wildman–Crippen MR) is 72.1 cm³/mol. The van der Waals surface area contributed by atoms with Gasteiger partial charge in [0.25, 0.3) is 0 Å². The maximum Gasteiger partial charge on any atom is 0.138 e. The van der Waals surface area contributed by atoms with E-state index in [9.17, 15) is 0 Å². The third-order valence-electron chi connectivity index (χ3n) is 2.15. The third-order valence-corrected chi connectivity index (χ3v) is 3.31. The molecular weight excluding hydrogens is 234 g/mol. The van der Waals surface area contributed by atoms with Gasteiger partial charge in [-0.3, -0.25) is 0 Å². The lowest BCUT2D eigenvalue weighted by Gasteiger charge is -2.04. The zero-order valence-corrected chi connectivity index (χ0v) is 11.4. The van der Waals surface area contributed by atoms with Crippen LogP contribution in [0.1, 0.15) is 24.7 Å². The SMILES string of the molecule is CCCSCc1ncc(CNCCOC)cn1. The standard InChI is InChI=1S/C12H21N3OS/c1-3-6-17-10-12-14-8-11(9-15-12)7-13-4-5-16-2/h8-9,13H,3-7,10H2,1-2H3. The van der Waals surface area contributed by atoms with Gasteiger partial charge >= 0.3 is 0 Å². The maximum atomic E-state index is 4.96. The first kappa shape index (κ1) is 14.4. The molecule has 4 nitrogen and oxygen atoms in total. The van der Waals surface area contributed by atoms with E-state index in [0.717, 1.165) is 36.8 Å². The molecule has 1 heterocycles. The van der Waals surface area contributed by atoms with Gasteiger partial charge in [-0.2, -0.15) is 11.8 Å². The van der Waals surface area contributed by atoms with Gasteiger partial charge in [0.05, 0.1) is 12.4 Å². The molecule has 1 N–H and O–H groups in total. The molecule has 1 aromatic rings. The molecule has 0 radical (unpaired) electrons. The molecule has 5 heteroatoms. The fourth-order valence-electron chi connectivity index (χ4n) is 1.26. The van der Waals surface area contributed by atoms with E-state index < -0.39 is 0 Å². The van der Waals surface area contributed by atoms with Crippen molar-refractivity contribution in [2.75, 3.05) is 26.0 Å². The zero-order valence-electron chi connectivity index (χ0n) is 10.6. The lowest BCUT2D eigenvalue weighted by Crippen LogP contribution is -2.18. The highest BCUT2D eigenvalue weighted by Gasteiger charge is 1.98. The molecular formula is C12H21N3OS. The predicted octanol–water partition coefficient (Wildman–Crippen LogP) is 1.86. The highest BCUT2D eigenvalue weighted by atomic mass is 32.2. The van der Waals surface area contributed by atoms with Gasteiger partial charge in [0.1, 0.15) is 5.82 Å². The quantitative estimate of drug-likeness (QED) is 0.682. The summed E-state index contributed by atoms with van der Waals surface area (Å²) in [6, 6.07) is 0. The van der Waals surface area contributed by atoms with Crippen molar-refractivity contribution in [3.8, 4) is 0 Å². The molecule has 0 fully saturated rings. The van der Waals surface area contributed by atoms with Gasteiger partial charge in [-0.05, 0) is 12.2 Å². The van der Waals surface area contributed by atoms with Crippen LogP contribution in [0.15, 0.2) is 12.4 Å². The Balaban J connectivity index is 2.24. The molecule has 1 aromatic heterocycles. The van der Waals surface area contributed by atoms with Gasteiger partial charge in [-0.1, -0.05) is 6.92 Å². The second-order valence-corrected chi connectivity index (χ2v) is 4.83. The van der Waals surface area contributed by atoms with E-state index in [0.29, 0.717) is 0 Å². The molecule has 0 unspecified atom stereocenters. The highest BCUT2D eigenvalue weighted by Crippen LogP contribution is 2.08. The van der Waals surface area contributed by atoms with Gasteiger partial charge < -0.3 is 10.1 Å². The van der Waals surface area contributed by atoms with Crippen LogP contribution in [0.2, 0.25) is 0 Å². The molecule has 17 heavy (non-hydrogen) atoms. The van der Waals surface area contributed by atoms with E-state index in [4.69, 9.17) is 4.74 Å². The lowest BCUT2D eigenvalue weighted by atomic mass is 10.3. The molecule has 0 bridgehead atoms. The smallest absolute Gasteiger partial charge is 0.138 e. The molecule has 0 saturated carbocycles. The number of nitrogens with zero attached hydrogens (tertiary/aromatic N) is 2. The Labute approximate surface area is 108 Å². The second-order valence-electron chi connectivity index (χ2n) is 3.73. The third kappa shape index (κ3) is 6.61. The first-order valence-electron chi connectivity index (χ1n) is 5.94. The average molecular weight is 255 g/mol. The largest absolute Gasteiger partial charge is 0.383 e. The second kappa shape index (κ2) is 9.39. The summed E-state index contributed by atoms with van der Waals surface area (Å²) in [5.74, 6) is 3.00. The number of methoxy groups -OCH3 is 1. The molecule has 0 amide bonds. The first-order valence-corrected chi connectivity index (χ1v) is 7.09. The number of ether oxygens (including phenoxy) is 1. The van der Waals surface area contributed by atoms with Crippen LogP contribution in [0.3, 0.4) is 0 Å².